The van der Waals surface area contributed by atoms with Crippen LogP contribution in [0.15, 0.2) is 6.20 Å². The minimum Gasteiger partial charge on any atom is -0.337 e. The average molecular weight is 331 g/mol. The van der Waals surface area contributed by atoms with Crippen LogP contribution in [0.3, 0.4) is 0 Å². The van der Waals surface area contributed by atoms with Gasteiger partial charge in [-0.3, -0.25) is 9.48 Å². The van der Waals surface area contributed by atoms with Crippen molar-refractivity contribution in [3.63, 3.8) is 0 Å². The average Bonchev–Trinajstić information content (AvgIpc) is 3.36. The lowest BCUT2D eigenvalue weighted by atomic mass is 9.96. The zero-order valence-corrected chi connectivity index (χ0v) is 14.6. The summed E-state index contributed by atoms with van der Waals surface area (Å²) in [6.45, 7) is 5.07. The van der Waals surface area contributed by atoms with Gasteiger partial charge in [0.15, 0.2) is 5.69 Å². The molecule has 1 atom stereocenters. The molecule has 6 nitrogen and oxygen atoms in total. The molecule has 1 aliphatic carbocycles. The van der Waals surface area contributed by atoms with Crippen molar-refractivity contribution >= 4 is 5.91 Å². The van der Waals surface area contributed by atoms with E-state index in [1.807, 2.05) is 15.8 Å². The first kappa shape index (κ1) is 16.1. The van der Waals surface area contributed by atoms with Crippen molar-refractivity contribution in [2.75, 3.05) is 26.2 Å². The molecule has 1 aromatic rings. The highest BCUT2D eigenvalue weighted by molar-refractivity contribution is 5.92. The van der Waals surface area contributed by atoms with Crippen molar-refractivity contribution in [3.05, 3.63) is 11.9 Å². The van der Waals surface area contributed by atoms with Gasteiger partial charge in [-0.2, -0.15) is 0 Å². The van der Waals surface area contributed by atoms with E-state index < -0.39 is 0 Å². The van der Waals surface area contributed by atoms with E-state index in [-0.39, 0.29) is 5.91 Å². The van der Waals surface area contributed by atoms with Gasteiger partial charge >= 0.3 is 0 Å². The summed E-state index contributed by atoms with van der Waals surface area (Å²) in [6, 6.07) is 0.816. The molecular weight excluding hydrogens is 302 g/mol. The summed E-state index contributed by atoms with van der Waals surface area (Å²) in [7, 11) is 0. The molecule has 1 aromatic heterocycles. The maximum Gasteiger partial charge on any atom is 0.276 e. The van der Waals surface area contributed by atoms with Gasteiger partial charge in [0, 0.05) is 32.2 Å². The lowest BCUT2D eigenvalue weighted by Gasteiger charge is -2.36. The van der Waals surface area contributed by atoms with Crippen LogP contribution in [-0.2, 0) is 6.54 Å². The summed E-state index contributed by atoms with van der Waals surface area (Å²) in [5, 5.41) is 8.36. The fourth-order valence-corrected chi connectivity index (χ4v) is 4.68. The fraction of sp³-hybridized carbons (Fsp3) is 0.833. The van der Waals surface area contributed by atoms with Crippen molar-refractivity contribution in [2.24, 2.45) is 5.92 Å². The molecule has 0 aromatic carbocycles. The zero-order valence-electron chi connectivity index (χ0n) is 14.6. The smallest absolute Gasteiger partial charge is 0.276 e. The minimum atomic E-state index is 0.0509. The van der Waals surface area contributed by atoms with Gasteiger partial charge < -0.3 is 9.80 Å². The Hall–Kier alpha value is -1.43. The van der Waals surface area contributed by atoms with Gasteiger partial charge in [-0.1, -0.05) is 18.1 Å². The van der Waals surface area contributed by atoms with Crippen LogP contribution in [0.25, 0.3) is 0 Å². The van der Waals surface area contributed by atoms with E-state index in [4.69, 9.17) is 0 Å². The Labute approximate surface area is 144 Å². The number of likely N-dealkylation sites (tertiary alicyclic amines) is 2. The Morgan fingerprint density at radius 3 is 2.62 bits per heavy atom. The molecule has 1 saturated carbocycles. The van der Waals surface area contributed by atoms with Crippen molar-refractivity contribution in [1.29, 1.82) is 0 Å². The fourth-order valence-electron chi connectivity index (χ4n) is 4.68. The van der Waals surface area contributed by atoms with E-state index in [1.165, 1.54) is 51.6 Å². The number of carbonyl (C=O) groups excluding carboxylic acids is 1. The quantitative estimate of drug-likeness (QED) is 0.848. The van der Waals surface area contributed by atoms with Gasteiger partial charge in [-0.25, -0.2) is 0 Å². The number of aromatic nitrogens is 3. The molecule has 3 fully saturated rings. The summed E-state index contributed by atoms with van der Waals surface area (Å²) in [5.41, 5.74) is 0.514. The molecule has 4 rings (SSSR count). The molecule has 2 aliphatic heterocycles. The Morgan fingerprint density at radius 2 is 1.83 bits per heavy atom. The first-order valence-corrected chi connectivity index (χ1v) is 9.73. The molecule has 132 valence electrons. The molecule has 0 spiro atoms. The number of carbonyl (C=O) groups is 1. The Bertz CT molecular complexity index is 560. The number of rotatable bonds is 4. The second-order valence-corrected chi connectivity index (χ2v) is 7.77. The molecule has 1 unspecified atom stereocenters. The predicted octanol–water partition coefficient (Wildman–Crippen LogP) is 2.17. The normalized spacial score (nSPS) is 26.3. The molecule has 0 N–H and O–H groups in total. The van der Waals surface area contributed by atoms with Crippen LogP contribution in [-0.4, -0.2) is 62.9 Å². The molecule has 0 radical (unpaired) electrons. The van der Waals surface area contributed by atoms with Crippen LogP contribution >= 0.6 is 0 Å². The first-order chi connectivity index (χ1) is 11.8. The van der Waals surface area contributed by atoms with Gasteiger partial charge in [-0.05, 0) is 51.0 Å². The number of amides is 1. The van der Waals surface area contributed by atoms with E-state index in [1.54, 1.807) is 0 Å². The topological polar surface area (TPSA) is 54.3 Å². The summed E-state index contributed by atoms with van der Waals surface area (Å²) in [5.74, 6) is 0.686. The minimum absolute atomic E-state index is 0.0509. The standard InChI is InChI=1S/C18H29N5O/c24-18(21-9-3-4-10-21)17-14-23(20-19-17)13-15-6-5-11-22(12-15)16-7-1-2-8-16/h14-16H,1-13H2. The van der Waals surface area contributed by atoms with Crippen molar-refractivity contribution in [3.8, 4) is 0 Å². The van der Waals surface area contributed by atoms with E-state index >= 15 is 0 Å². The molecule has 3 heterocycles. The van der Waals surface area contributed by atoms with Crippen LogP contribution in [0, 0.1) is 5.92 Å². The van der Waals surface area contributed by atoms with Gasteiger partial charge in [-0.15, -0.1) is 5.10 Å². The third-order valence-electron chi connectivity index (χ3n) is 5.99. The molecule has 3 aliphatic rings. The van der Waals surface area contributed by atoms with Gasteiger partial charge in [0.25, 0.3) is 5.91 Å². The van der Waals surface area contributed by atoms with E-state index in [0.717, 1.165) is 38.5 Å². The summed E-state index contributed by atoms with van der Waals surface area (Å²) < 4.78 is 1.89. The highest BCUT2D eigenvalue weighted by atomic mass is 16.2. The van der Waals surface area contributed by atoms with E-state index in [2.05, 4.69) is 15.2 Å². The highest BCUT2D eigenvalue weighted by Gasteiger charge is 2.28. The summed E-state index contributed by atoms with van der Waals surface area (Å²) in [6.07, 6.45) is 12.2. The van der Waals surface area contributed by atoms with Crippen LogP contribution in [0.2, 0.25) is 0 Å². The maximum atomic E-state index is 12.4. The van der Waals surface area contributed by atoms with Crippen LogP contribution in [0.5, 0.6) is 0 Å². The lowest BCUT2D eigenvalue weighted by molar-refractivity contribution is 0.0787. The van der Waals surface area contributed by atoms with E-state index in [0.29, 0.717) is 11.6 Å². The Morgan fingerprint density at radius 1 is 1.04 bits per heavy atom. The summed E-state index contributed by atoms with van der Waals surface area (Å²) in [4.78, 5) is 17.0. The Kier molecular flexibility index (Phi) is 4.83. The largest absolute Gasteiger partial charge is 0.337 e. The third kappa shape index (κ3) is 3.48. The predicted molar refractivity (Wildman–Crippen MR) is 91.7 cm³/mol. The van der Waals surface area contributed by atoms with Gasteiger partial charge in [0.2, 0.25) is 0 Å². The first-order valence-electron chi connectivity index (χ1n) is 9.73. The number of hydrogen-bond donors (Lipinski definition) is 0. The van der Waals surface area contributed by atoms with Gasteiger partial charge in [0.05, 0.1) is 6.20 Å². The molecular formula is C18H29N5O. The van der Waals surface area contributed by atoms with Crippen molar-refractivity contribution in [1.82, 2.24) is 24.8 Å². The monoisotopic (exact) mass is 331 g/mol. The molecule has 2 saturated heterocycles. The zero-order chi connectivity index (χ0) is 16.4. The Balaban J connectivity index is 1.34. The molecule has 24 heavy (non-hydrogen) atoms. The van der Waals surface area contributed by atoms with E-state index in [9.17, 15) is 4.79 Å². The lowest BCUT2D eigenvalue weighted by Crippen LogP contribution is -2.42. The maximum absolute atomic E-state index is 12.4. The molecule has 6 heteroatoms. The summed E-state index contributed by atoms with van der Waals surface area (Å²) >= 11 is 0. The van der Waals surface area contributed by atoms with Crippen LogP contribution in [0.1, 0.15) is 61.9 Å². The molecule has 0 bridgehead atoms. The highest BCUT2D eigenvalue weighted by Crippen LogP contribution is 2.28. The van der Waals surface area contributed by atoms with Crippen molar-refractivity contribution in [2.45, 2.75) is 64.0 Å². The SMILES string of the molecule is O=C(c1cn(CC2CCCN(C3CCCC3)C2)nn1)N1CCCC1. The van der Waals surface area contributed by atoms with Crippen LogP contribution < -0.4 is 0 Å². The van der Waals surface area contributed by atoms with Crippen LogP contribution in [0.4, 0.5) is 0 Å². The number of hydrogen-bond acceptors (Lipinski definition) is 4. The second-order valence-electron chi connectivity index (χ2n) is 7.77. The molecule has 1 amide bonds. The second kappa shape index (κ2) is 7.21. The van der Waals surface area contributed by atoms with Crippen molar-refractivity contribution < 1.29 is 4.79 Å². The number of nitrogens with zero attached hydrogens (tertiary/aromatic N) is 5. The number of piperidine rings is 1. The van der Waals surface area contributed by atoms with Gasteiger partial charge in [0.1, 0.15) is 0 Å². The third-order valence-corrected chi connectivity index (χ3v) is 5.99.